The standard InChI is InChI=1S/C11H15ClN2OS/c1-11(2,3)14-10(16)13-7-4-5-9(15)8(12)6-7/h4-6,15H,1-3H3,(H2,13,14,16). The van der Waals surface area contributed by atoms with E-state index in [1.807, 2.05) is 20.8 Å². The summed E-state index contributed by atoms with van der Waals surface area (Å²) in [5.41, 5.74) is 0.648. The predicted octanol–water partition coefficient (Wildman–Crippen LogP) is 3.13. The minimum atomic E-state index is -0.0925. The van der Waals surface area contributed by atoms with Crippen LogP contribution in [0.3, 0.4) is 0 Å². The third-order valence-electron chi connectivity index (χ3n) is 1.69. The lowest BCUT2D eigenvalue weighted by Gasteiger charge is -2.23. The van der Waals surface area contributed by atoms with Crippen molar-refractivity contribution in [2.75, 3.05) is 5.32 Å². The van der Waals surface area contributed by atoms with E-state index in [9.17, 15) is 5.11 Å². The Kier molecular flexibility index (Phi) is 3.99. The zero-order valence-electron chi connectivity index (χ0n) is 9.47. The summed E-state index contributed by atoms with van der Waals surface area (Å²) in [5.74, 6) is 0.0573. The van der Waals surface area contributed by atoms with Crippen LogP contribution in [0.15, 0.2) is 18.2 Å². The number of anilines is 1. The molecule has 3 nitrogen and oxygen atoms in total. The summed E-state index contributed by atoms with van der Waals surface area (Å²) < 4.78 is 0. The highest BCUT2D eigenvalue weighted by Gasteiger charge is 2.11. The molecule has 0 saturated heterocycles. The van der Waals surface area contributed by atoms with Crippen molar-refractivity contribution in [3.05, 3.63) is 23.2 Å². The van der Waals surface area contributed by atoms with Crippen LogP contribution in [0.1, 0.15) is 20.8 Å². The molecule has 0 radical (unpaired) electrons. The molecule has 0 heterocycles. The van der Waals surface area contributed by atoms with Gasteiger partial charge in [0.05, 0.1) is 5.02 Å². The van der Waals surface area contributed by atoms with Crippen LogP contribution in [-0.2, 0) is 0 Å². The summed E-state index contributed by atoms with van der Waals surface area (Å²) >= 11 is 10.9. The number of phenolic OH excluding ortho intramolecular Hbond substituents is 1. The molecule has 0 spiro atoms. The third-order valence-corrected chi connectivity index (χ3v) is 2.20. The average molecular weight is 259 g/mol. The zero-order chi connectivity index (χ0) is 12.3. The molecule has 0 fully saturated rings. The van der Waals surface area contributed by atoms with Crippen LogP contribution in [-0.4, -0.2) is 15.8 Å². The molecule has 0 bridgehead atoms. The topological polar surface area (TPSA) is 44.3 Å². The van der Waals surface area contributed by atoms with Crippen molar-refractivity contribution < 1.29 is 5.11 Å². The zero-order valence-corrected chi connectivity index (χ0v) is 11.0. The number of aromatic hydroxyl groups is 1. The maximum absolute atomic E-state index is 9.26. The lowest BCUT2D eigenvalue weighted by molar-refractivity contribution is 0.475. The second kappa shape index (κ2) is 4.89. The Morgan fingerprint density at radius 1 is 1.38 bits per heavy atom. The fourth-order valence-corrected chi connectivity index (χ4v) is 1.69. The van der Waals surface area contributed by atoms with Gasteiger partial charge < -0.3 is 15.7 Å². The molecule has 0 aliphatic carbocycles. The normalized spacial score (nSPS) is 11.0. The highest BCUT2D eigenvalue weighted by atomic mass is 35.5. The van der Waals surface area contributed by atoms with Crippen LogP contribution in [0, 0.1) is 0 Å². The van der Waals surface area contributed by atoms with Gasteiger partial charge in [0.2, 0.25) is 0 Å². The van der Waals surface area contributed by atoms with Gasteiger partial charge in [-0.15, -0.1) is 0 Å². The first kappa shape index (κ1) is 13.1. The van der Waals surface area contributed by atoms with E-state index in [2.05, 4.69) is 10.6 Å². The highest BCUT2D eigenvalue weighted by molar-refractivity contribution is 7.80. The number of hydrogen-bond donors (Lipinski definition) is 3. The first-order valence-electron chi connectivity index (χ1n) is 4.85. The van der Waals surface area contributed by atoms with Gasteiger partial charge in [0.15, 0.2) is 5.11 Å². The molecule has 0 saturated carbocycles. The van der Waals surface area contributed by atoms with Crippen molar-refractivity contribution >= 4 is 34.6 Å². The number of hydrogen-bond acceptors (Lipinski definition) is 2. The summed E-state index contributed by atoms with van der Waals surface area (Å²) in [5, 5.41) is 16.2. The van der Waals surface area contributed by atoms with Gasteiger partial charge in [-0.05, 0) is 51.2 Å². The molecule has 0 aliphatic rings. The Morgan fingerprint density at radius 3 is 2.50 bits per heavy atom. The van der Waals surface area contributed by atoms with Crippen molar-refractivity contribution in [3.8, 4) is 5.75 Å². The SMILES string of the molecule is CC(C)(C)NC(=S)Nc1ccc(O)c(Cl)c1. The summed E-state index contributed by atoms with van der Waals surface area (Å²) in [6.07, 6.45) is 0. The van der Waals surface area contributed by atoms with Gasteiger partial charge in [-0.2, -0.15) is 0 Å². The van der Waals surface area contributed by atoms with E-state index in [1.165, 1.54) is 6.07 Å². The number of thiocarbonyl (C=S) groups is 1. The molecule has 0 atom stereocenters. The second-order valence-electron chi connectivity index (χ2n) is 4.50. The first-order chi connectivity index (χ1) is 7.28. The van der Waals surface area contributed by atoms with Gasteiger partial charge in [0, 0.05) is 11.2 Å². The number of nitrogens with one attached hydrogen (secondary N) is 2. The van der Waals surface area contributed by atoms with Crippen molar-refractivity contribution in [1.29, 1.82) is 0 Å². The van der Waals surface area contributed by atoms with Gasteiger partial charge in [-0.3, -0.25) is 0 Å². The van der Waals surface area contributed by atoms with E-state index in [4.69, 9.17) is 23.8 Å². The smallest absolute Gasteiger partial charge is 0.171 e. The summed E-state index contributed by atoms with van der Waals surface area (Å²) in [7, 11) is 0. The Bertz CT molecular complexity index is 401. The van der Waals surface area contributed by atoms with Crippen LogP contribution in [0.25, 0.3) is 0 Å². The molecule has 3 N–H and O–H groups in total. The molecule has 0 aliphatic heterocycles. The second-order valence-corrected chi connectivity index (χ2v) is 5.31. The lowest BCUT2D eigenvalue weighted by atomic mass is 10.1. The molecule has 1 aromatic rings. The fourth-order valence-electron chi connectivity index (χ4n) is 1.09. The van der Waals surface area contributed by atoms with Crippen molar-refractivity contribution in [2.24, 2.45) is 0 Å². The lowest BCUT2D eigenvalue weighted by Crippen LogP contribution is -2.42. The van der Waals surface area contributed by atoms with E-state index in [0.29, 0.717) is 10.1 Å². The fraction of sp³-hybridized carbons (Fsp3) is 0.364. The largest absolute Gasteiger partial charge is 0.506 e. The average Bonchev–Trinajstić information content (AvgIpc) is 2.08. The van der Waals surface area contributed by atoms with Crippen LogP contribution in [0.5, 0.6) is 5.75 Å². The Morgan fingerprint density at radius 2 is 2.00 bits per heavy atom. The van der Waals surface area contributed by atoms with Gasteiger partial charge in [-0.25, -0.2) is 0 Å². The molecule has 5 heteroatoms. The van der Waals surface area contributed by atoms with E-state index >= 15 is 0 Å². The molecule has 88 valence electrons. The monoisotopic (exact) mass is 258 g/mol. The Balaban J connectivity index is 2.67. The van der Waals surface area contributed by atoms with E-state index < -0.39 is 0 Å². The van der Waals surface area contributed by atoms with Crippen molar-refractivity contribution in [3.63, 3.8) is 0 Å². The van der Waals surface area contributed by atoms with Crippen LogP contribution < -0.4 is 10.6 Å². The van der Waals surface area contributed by atoms with E-state index in [1.54, 1.807) is 12.1 Å². The van der Waals surface area contributed by atoms with Gasteiger partial charge >= 0.3 is 0 Å². The predicted molar refractivity (Wildman–Crippen MR) is 72.2 cm³/mol. The van der Waals surface area contributed by atoms with Crippen molar-refractivity contribution in [2.45, 2.75) is 26.3 Å². The number of benzene rings is 1. The highest BCUT2D eigenvalue weighted by Crippen LogP contribution is 2.25. The van der Waals surface area contributed by atoms with Gasteiger partial charge in [-0.1, -0.05) is 11.6 Å². The van der Waals surface area contributed by atoms with Crippen LogP contribution in [0.4, 0.5) is 5.69 Å². The van der Waals surface area contributed by atoms with E-state index in [0.717, 1.165) is 5.69 Å². The number of phenols is 1. The number of rotatable bonds is 1. The molecular weight excluding hydrogens is 244 g/mol. The van der Waals surface area contributed by atoms with E-state index in [-0.39, 0.29) is 11.3 Å². The summed E-state index contributed by atoms with van der Waals surface area (Å²) in [6, 6.07) is 4.84. The minimum absolute atomic E-state index is 0.0573. The third kappa shape index (κ3) is 4.24. The molecule has 1 rings (SSSR count). The molecule has 16 heavy (non-hydrogen) atoms. The minimum Gasteiger partial charge on any atom is -0.506 e. The van der Waals surface area contributed by atoms with Crippen LogP contribution >= 0.6 is 23.8 Å². The quantitative estimate of drug-likeness (QED) is 0.535. The molecule has 0 aromatic heterocycles. The molecule has 0 unspecified atom stereocenters. The summed E-state index contributed by atoms with van der Waals surface area (Å²) in [4.78, 5) is 0. The Labute approximate surface area is 106 Å². The number of halogens is 1. The summed E-state index contributed by atoms with van der Waals surface area (Å²) in [6.45, 7) is 6.06. The maximum atomic E-state index is 9.26. The molecule has 0 amide bonds. The van der Waals surface area contributed by atoms with Crippen LogP contribution in [0.2, 0.25) is 5.02 Å². The molecule has 1 aromatic carbocycles. The van der Waals surface area contributed by atoms with Gasteiger partial charge in [0.1, 0.15) is 5.75 Å². The van der Waals surface area contributed by atoms with Crippen molar-refractivity contribution in [1.82, 2.24) is 5.32 Å². The molecular formula is C11H15ClN2OS. The maximum Gasteiger partial charge on any atom is 0.171 e. The van der Waals surface area contributed by atoms with Gasteiger partial charge in [0.25, 0.3) is 0 Å². The first-order valence-corrected chi connectivity index (χ1v) is 5.64. The Hall–Kier alpha value is -1.00.